The Kier molecular flexibility index (Phi) is 5.01. The van der Waals surface area contributed by atoms with E-state index in [0.717, 1.165) is 12.1 Å². The summed E-state index contributed by atoms with van der Waals surface area (Å²) in [7, 11) is 0. The summed E-state index contributed by atoms with van der Waals surface area (Å²) in [5, 5.41) is 0. The molecule has 0 spiro atoms. The summed E-state index contributed by atoms with van der Waals surface area (Å²) < 4.78 is 0.468. The highest BCUT2D eigenvalue weighted by Crippen LogP contribution is 2.39. The van der Waals surface area contributed by atoms with Crippen molar-refractivity contribution in [1.29, 1.82) is 0 Å². The minimum absolute atomic E-state index is 0.462. The summed E-state index contributed by atoms with van der Waals surface area (Å²) in [5.41, 5.74) is 6.22. The molecule has 0 aromatic carbocycles. The summed E-state index contributed by atoms with van der Waals surface area (Å²) >= 11 is 2.08. The maximum atomic E-state index is 6.22. The molecule has 3 heteroatoms. The number of thioether (sulfide) groups is 1. The van der Waals surface area contributed by atoms with E-state index in [1.807, 2.05) is 0 Å². The monoisotopic (exact) mass is 270 g/mol. The van der Waals surface area contributed by atoms with Crippen molar-refractivity contribution in [1.82, 2.24) is 4.90 Å². The first-order chi connectivity index (χ1) is 8.64. The van der Waals surface area contributed by atoms with Crippen molar-refractivity contribution in [2.75, 3.05) is 12.8 Å². The number of piperidine rings is 2. The Hall–Kier alpha value is 0.270. The van der Waals surface area contributed by atoms with Crippen LogP contribution in [0.3, 0.4) is 0 Å². The second kappa shape index (κ2) is 6.15. The second-order valence-corrected chi connectivity index (χ2v) is 7.51. The molecule has 2 N–H and O–H groups in total. The van der Waals surface area contributed by atoms with E-state index in [1.54, 1.807) is 0 Å². The molecule has 2 fully saturated rings. The normalized spacial score (nSPS) is 33.7. The Labute approximate surface area is 117 Å². The molecule has 0 aromatic heterocycles. The van der Waals surface area contributed by atoms with Gasteiger partial charge in [-0.25, -0.2) is 0 Å². The second-order valence-electron chi connectivity index (χ2n) is 6.24. The highest BCUT2D eigenvalue weighted by atomic mass is 32.2. The van der Waals surface area contributed by atoms with Crippen molar-refractivity contribution in [3.05, 3.63) is 0 Å². The van der Waals surface area contributed by atoms with Crippen LogP contribution in [0, 0.1) is 0 Å². The number of fused-ring (bicyclic) bond motifs is 2. The fourth-order valence-electron chi connectivity index (χ4n) is 3.94. The summed E-state index contributed by atoms with van der Waals surface area (Å²) in [6, 6.07) is 2.01. The lowest BCUT2D eigenvalue weighted by Gasteiger charge is -2.51. The lowest BCUT2D eigenvalue weighted by Crippen LogP contribution is -2.58. The van der Waals surface area contributed by atoms with Crippen LogP contribution in [0.4, 0.5) is 0 Å². The summed E-state index contributed by atoms with van der Waals surface area (Å²) in [6.07, 6.45) is 11.5. The maximum Gasteiger partial charge on any atom is 0.0279 e. The van der Waals surface area contributed by atoms with Gasteiger partial charge in [-0.2, -0.15) is 11.8 Å². The Morgan fingerprint density at radius 1 is 1.17 bits per heavy atom. The number of rotatable bonds is 5. The summed E-state index contributed by atoms with van der Waals surface area (Å²) in [6.45, 7) is 5.99. The molecule has 2 unspecified atom stereocenters. The number of nitrogens with two attached hydrogens (primary N) is 1. The van der Waals surface area contributed by atoms with E-state index in [0.29, 0.717) is 10.8 Å². The van der Waals surface area contributed by atoms with E-state index in [1.165, 1.54) is 51.5 Å². The van der Waals surface area contributed by atoms with Crippen molar-refractivity contribution in [3.8, 4) is 0 Å². The molecule has 0 amide bonds. The van der Waals surface area contributed by atoms with E-state index in [4.69, 9.17) is 5.73 Å². The molecular formula is C15H30N2S. The van der Waals surface area contributed by atoms with Gasteiger partial charge in [0.05, 0.1) is 0 Å². The molecule has 2 rings (SSSR count). The summed E-state index contributed by atoms with van der Waals surface area (Å²) in [5.74, 6) is 0. The van der Waals surface area contributed by atoms with Crippen LogP contribution in [0.15, 0.2) is 0 Å². The molecule has 2 nitrogen and oxygen atoms in total. The van der Waals surface area contributed by atoms with Crippen LogP contribution in [0.5, 0.6) is 0 Å². The first-order valence-corrected chi connectivity index (χ1v) is 8.93. The van der Waals surface area contributed by atoms with Gasteiger partial charge in [-0.1, -0.05) is 20.3 Å². The van der Waals surface area contributed by atoms with E-state index in [9.17, 15) is 0 Å². The van der Waals surface area contributed by atoms with Crippen molar-refractivity contribution in [2.45, 2.75) is 81.7 Å². The molecule has 0 aromatic rings. The average molecular weight is 270 g/mol. The Morgan fingerprint density at radius 2 is 1.72 bits per heavy atom. The molecule has 2 aliphatic heterocycles. The quantitative estimate of drug-likeness (QED) is 0.831. The fraction of sp³-hybridized carbons (Fsp3) is 1.00. The molecule has 2 bridgehead atoms. The van der Waals surface area contributed by atoms with Crippen molar-refractivity contribution >= 4 is 11.8 Å². The molecule has 0 radical (unpaired) electrons. The van der Waals surface area contributed by atoms with Crippen LogP contribution in [0.25, 0.3) is 0 Å². The Morgan fingerprint density at radius 3 is 2.17 bits per heavy atom. The largest absolute Gasteiger partial charge is 0.328 e. The third kappa shape index (κ3) is 2.88. The highest BCUT2D eigenvalue weighted by molar-refractivity contribution is 8.00. The lowest BCUT2D eigenvalue weighted by atomic mass is 9.81. The third-order valence-corrected chi connectivity index (χ3v) is 6.93. The third-order valence-electron chi connectivity index (χ3n) is 5.35. The Balaban J connectivity index is 2.07. The van der Waals surface area contributed by atoms with Gasteiger partial charge in [0.2, 0.25) is 0 Å². The molecule has 2 aliphatic rings. The van der Waals surface area contributed by atoms with Gasteiger partial charge in [-0.05, 0) is 44.8 Å². The molecule has 18 heavy (non-hydrogen) atoms. The topological polar surface area (TPSA) is 29.3 Å². The van der Waals surface area contributed by atoms with Gasteiger partial charge in [-0.15, -0.1) is 0 Å². The SMILES string of the molecule is CCC(CC)(CN1C2CCCC1CC(N)C2)SC. The van der Waals surface area contributed by atoms with Crippen LogP contribution in [-0.2, 0) is 0 Å². The fourth-order valence-corrected chi connectivity index (χ4v) is 4.79. The number of nitrogens with zero attached hydrogens (tertiary/aromatic N) is 1. The van der Waals surface area contributed by atoms with E-state index in [2.05, 4.69) is 36.8 Å². The first kappa shape index (κ1) is 14.7. The van der Waals surface area contributed by atoms with E-state index in [-0.39, 0.29) is 0 Å². The van der Waals surface area contributed by atoms with Crippen molar-refractivity contribution in [3.63, 3.8) is 0 Å². The van der Waals surface area contributed by atoms with Gasteiger partial charge >= 0.3 is 0 Å². The Bertz CT molecular complexity index is 243. The molecule has 2 saturated heterocycles. The zero-order chi connectivity index (χ0) is 13.2. The molecular weight excluding hydrogens is 240 g/mol. The maximum absolute atomic E-state index is 6.22. The van der Waals surface area contributed by atoms with Gasteiger partial charge < -0.3 is 5.73 Å². The predicted molar refractivity (Wildman–Crippen MR) is 82.2 cm³/mol. The smallest absolute Gasteiger partial charge is 0.0279 e. The van der Waals surface area contributed by atoms with Crippen LogP contribution >= 0.6 is 11.8 Å². The standard InChI is InChI=1S/C15H30N2S/c1-4-15(5-2,18-3)11-17-13-7-6-8-14(17)10-12(16)9-13/h12-14H,4-11,16H2,1-3H3. The molecule has 2 heterocycles. The molecule has 0 saturated carbocycles. The van der Waals surface area contributed by atoms with Crippen LogP contribution in [0.2, 0.25) is 0 Å². The zero-order valence-corrected chi connectivity index (χ0v) is 13.1. The van der Waals surface area contributed by atoms with Gasteiger partial charge in [0, 0.05) is 29.4 Å². The van der Waals surface area contributed by atoms with Crippen LogP contribution in [0.1, 0.15) is 58.8 Å². The van der Waals surface area contributed by atoms with E-state index >= 15 is 0 Å². The van der Waals surface area contributed by atoms with Crippen molar-refractivity contribution < 1.29 is 0 Å². The van der Waals surface area contributed by atoms with Crippen molar-refractivity contribution in [2.24, 2.45) is 5.73 Å². The molecule has 106 valence electrons. The van der Waals surface area contributed by atoms with E-state index < -0.39 is 0 Å². The highest BCUT2D eigenvalue weighted by Gasteiger charge is 2.40. The van der Waals surface area contributed by atoms with Gasteiger partial charge in [0.15, 0.2) is 0 Å². The van der Waals surface area contributed by atoms with Crippen LogP contribution in [-0.4, -0.2) is 40.6 Å². The molecule has 0 aliphatic carbocycles. The molecule has 2 atom stereocenters. The number of hydrogen-bond donors (Lipinski definition) is 1. The van der Waals surface area contributed by atoms with Crippen LogP contribution < -0.4 is 5.73 Å². The average Bonchev–Trinajstić information content (AvgIpc) is 2.37. The van der Waals surface area contributed by atoms with Gasteiger partial charge in [-0.3, -0.25) is 4.90 Å². The zero-order valence-electron chi connectivity index (χ0n) is 12.3. The minimum Gasteiger partial charge on any atom is -0.328 e. The summed E-state index contributed by atoms with van der Waals surface area (Å²) in [4.78, 5) is 2.83. The van der Waals surface area contributed by atoms with Gasteiger partial charge in [0.1, 0.15) is 0 Å². The first-order valence-electron chi connectivity index (χ1n) is 7.70. The van der Waals surface area contributed by atoms with Gasteiger partial charge in [0.25, 0.3) is 0 Å². The predicted octanol–water partition coefficient (Wildman–Crippen LogP) is 3.25. The number of hydrogen-bond acceptors (Lipinski definition) is 3. The minimum atomic E-state index is 0.462. The lowest BCUT2D eigenvalue weighted by molar-refractivity contribution is 0.0224.